The van der Waals surface area contributed by atoms with E-state index in [1.54, 1.807) is 35.8 Å². The summed E-state index contributed by atoms with van der Waals surface area (Å²) in [4.78, 5) is 43.3. The van der Waals surface area contributed by atoms with Gasteiger partial charge in [0.2, 0.25) is 0 Å². The number of carboxylic acid groups (broad SMARTS) is 1. The van der Waals surface area contributed by atoms with Gasteiger partial charge in [-0.25, -0.2) is 14.6 Å². The molecular formula is C32H31N3O5S. The van der Waals surface area contributed by atoms with Crippen molar-refractivity contribution < 1.29 is 19.4 Å². The Morgan fingerprint density at radius 2 is 1.71 bits per heavy atom. The molecule has 0 saturated heterocycles. The van der Waals surface area contributed by atoms with Crippen LogP contribution in [0.2, 0.25) is 0 Å². The highest BCUT2D eigenvalue weighted by molar-refractivity contribution is 7.07. The van der Waals surface area contributed by atoms with Crippen molar-refractivity contribution >= 4 is 29.4 Å². The van der Waals surface area contributed by atoms with Gasteiger partial charge in [0, 0.05) is 17.1 Å². The molecule has 1 atom stereocenters. The van der Waals surface area contributed by atoms with Gasteiger partial charge in [-0.1, -0.05) is 49.4 Å². The maximum atomic E-state index is 14.0. The molecule has 41 heavy (non-hydrogen) atoms. The van der Waals surface area contributed by atoms with Crippen molar-refractivity contribution in [3.63, 3.8) is 0 Å². The third kappa shape index (κ3) is 4.97. The van der Waals surface area contributed by atoms with E-state index in [1.165, 1.54) is 18.4 Å². The van der Waals surface area contributed by atoms with Crippen molar-refractivity contribution in [2.75, 3.05) is 7.11 Å². The van der Waals surface area contributed by atoms with Crippen molar-refractivity contribution in [3.8, 4) is 5.69 Å². The van der Waals surface area contributed by atoms with E-state index in [0.29, 0.717) is 26.5 Å². The maximum absolute atomic E-state index is 14.0. The minimum absolute atomic E-state index is 0.215. The molecule has 0 fully saturated rings. The largest absolute Gasteiger partial charge is 0.478 e. The number of rotatable bonds is 6. The molecule has 9 heteroatoms. The summed E-state index contributed by atoms with van der Waals surface area (Å²) in [6, 6.07) is 16.0. The lowest BCUT2D eigenvalue weighted by molar-refractivity contribution is -0.136. The van der Waals surface area contributed by atoms with Crippen molar-refractivity contribution in [2.45, 2.75) is 46.6 Å². The lowest BCUT2D eigenvalue weighted by Crippen LogP contribution is -2.39. The minimum Gasteiger partial charge on any atom is -0.478 e. The Balaban J connectivity index is 1.65. The van der Waals surface area contributed by atoms with Crippen molar-refractivity contribution in [1.82, 2.24) is 9.13 Å². The third-order valence-electron chi connectivity index (χ3n) is 7.48. The lowest BCUT2D eigenvalue weighted by atomic mass is 9.93. The molecule has 1 aliphatic rings. The van der Waals surface area contributed by atoms with Crippen LogP contribution < -0.4 is 14.9 Å². The number of carbonyl (C=O) groups excluding carboxylic acids is 1. The summed E-state index contributed by atoms with van der Waals surface area (Å²) >= 11 is 1.28. The molecule has 4 aromatic rings. The van der Waals surface area contributed by atoms with E-state index in [9.17, 15) is 19.5 Å². The number of hydrogen-bond donors (Lipinski definition) is 1. The molecule has 2 aromatic heterocycles. The van der Waals surface area contributed by atoms with Gasteiger partial charge in [0.05, 0.1) is 34.5 Å². The lowest BCUT2D eigenvalue weighted by Gasteiger charge is -2.24. The maximum Gasteiger partial charge on any atom is 0.338 e. The van der Waals surface area contributed by atoms with Gasteiger partial charge in [-0.05, 0) is 79.8 Å². The number of aromatic carboxylic acids is 1. The first kappa shape index (κ1) is 28.0. The second-order valence-corrected chi connectivity index (χ2v) is 11.4. The van der Waals surface area contributed by atoms with Crippen LogP contribution in [0, 0.1) is 13.8 Å². The van der Waals surface area contributed by atoms with E-state index < -0.39 is 18.0 Å². The summed E-state index contributed by atoms with van der Waals surface area (Å²) in [5, 5.41) is 9.24. The molecule has 0 radical (unpaired) electrons. The van der Waals surface area contributed by atoms with Crippen LogP contribution in [-0.4, -0.2) is 33.3 Å². The molecule has 0 aliphatic carbocycles. The molecule has 3 heterocycles. The van der Waals surface area contributed by atoms with Gasteiger partial charge in [-0.15, -0.1) is 0 Å². The monoisotopic (exact) mass is 569 g/mol. The summed E-state index contributed by atoms with van der Waals surface area (Å²) < 4.78 is 9.22. The number of nitrogens with zero attached hydrogens (tertiary/aromatic N) is 3. The van der Waals surface area contributed by atoms with Crippen LogP contribution in [0.15, 0.2) is 75.7 Å². The number of aromatic nitrogens is 2. The summed E-state index contributed by atoms with van der Waals surface area (Å²) in [5.74, 6) is -1.15. The number of methoxy groups -OCH3 is 1. The molecule has 0 unspecified atom stereocenters. The fourth-order valence-corrected chi connectivity index (χ4v) is 6.33. The number of benzene rings is 2. The fourth-order valence-electron chi connectivity index (χ4n) is 5.30. The molecule has 210 valence electrons. The molecule has 0 bridgehead atoms. The van der Waals surface area contributed by atoms with E-state index in [-0.39, 0.29) is 11.1 Å². The van der Waals surface area contributed by atoms with Crippen LogP contribution >= 0.6 is 11.3 Å². The number of allylic oxidation sites excluding steroid dienone is 1. The first-order valence-electron chi connectivity index (χ1n) is 13.2. The highest BCUT2D eigenvalue weighted by atomic mass is 32.1. The smallest absolute Gasteiger partial charge is 0.338 e. The number of esters is 1. The fraction of sp³-hybridized carbons (Fsp3) is 0.250. The van der Waals surface area contributed by atoms with Gasteiger partial charge >= 0.3 is 11.9 Å². The zero-order chi connectivity index (χ0) is 29.6. The number of fused-ring (bicyclic) bond motifs is 1. The van der Waals surface area contributed by atoms with Crippen molar-refractivity contribution in [2.24, 2.45) is 4.99 Å². The first-order valence-corrected chi connectivity index (χ1v) is 14.1. The van der Waals surface area contributed by atoms with Gasteiger partial charge < -0.3 is 14.4 Å². The van der Waals surface area contributed by atoms with Crippen LogP contribution in [-0.2, 0) is 9.53 Å². The number of carbonyl (C=O) groups is 2. The summed E-state index contributed by atoms with van der Waals surface area (Å²) in [6.45, 7) is 9.92. The molecule has 0 amide bonds. The molecule has 8 nitrogen and oxygen atoms in total. The highest BCUT2D eigenvalue weighted by Gasteiger charge is 2.33. The van der Waals surface area contributed by atoms with Crippen LogP contribution in [0.5, 0.6) is 0 Å². The Labute approximate surface area is 241 Å². The summed E-state index contributed by atoms with van der Waals surface area (Å²) in [7, 11) is 1.33. The SMILES string of the molecule is COC(=O)C1=C(C)N=c2sc(=Cc3cc(C)n(-c4ccc(C(=O)O)cc4)c3C)c(=O)n2[C@H]1c1ccc(C(C)C)cc1. The minimum atomic E-state index is -0.978. The predicted octanol–water partition coefficient (Wildman–Crippen LogP) is 4.64. The molecule has 1 aliphatic heterocycles. The molecular weight excluding hydrogens is 538 g/mol. The molecule has 5 rings (SSSR count). The van der Waals surface area contributed by atoms with E-state index in [2.05, 4.69) is 18.8 Å². The zero-order valence-electron chi connectivity index (χ0n) is 23.8. The Kier molecular flexibility index (Phi) is 7.40. The molecule has 2 aromatic carbocycles. The Morgan fingerprint density at radius 3 is 2.29 bits per heavy atom. The van der Waals surface area contributed by atoms with Gasteiger partial charge in [-0.3, -0.25) is 9.36 Å². The molecule has 1 N–H and O–H groups in total. The summed E-state index contributed by atoms with van der Waals surface area (Å²) in [5.41, 5.74) is 6.33. The highest BCUT2D eigenvalue weighted by Crippen LogP contribution is 2.31. The molecule has 0 spiro atoms. The van der Waals surface area contributed by atoms with E-state index in [0.717, 1.165) is 33.8 Å². The normalized spacial score (nSPS) is 15.2. The summed E-state index contributed by atoms with van der Waals surface area (Å²) in [6.07, 6.45) is 1.85. The quantitative estimate of drug-likeness (QED) is 0.341. The van der Waals surface area contributed by atoms with E-state index in [1.807, 2.05) is 54.8 Å². The standard InChI is InChI=1S/C32H31N3O5S/c1-17(2)21-7-9-22(10-8-21)28-27(31(39)40-6)19(4)33-32-35(28)29(36)26(41-32)16-24-15-18(3)34(20(24)5)25-13-11-23(12-14-25)30(37)38/h7-17,28H,1-6H3,(H,37,38)/t28-/m0/s1. The zero-order valence-corrected chi connectivity index (χ0v) is 24.6. The number of thiazole rings is 1. The van der Waals surface area contributed by atoms with Gasteiger partial charge in [-0.2, -0.15) is 0 Å². The van der Waals surface area contributed by atoms with Crippen molar-refractivity contribution in [1.29, 1.82) is 0 Å². The van der Waals surface area contributed by atoms with Gasteiger partial charge in [0.25, 0.3) is 5.56 Å². The third-order valence-corrected chi connectivity index (χ3v) is 8.46. The van der Waals surface area contributed by atoms with E-state index in [4.69, 9.17) is 4.74 Å². The van der Waals surface area contributed by atoms with Gasteiger partial charge in [0.15, 0.2) is 4.80 Å². The second kappa shape index (κ2) is 10.8. The Hall–Kier alpha value is -4.50. The Morgan fingerprint density at radius 1 is 1.05 bits per heavy atom. The predicted molar refractivity (Wildman–Crippen MR) is 159 cm³/mol. The van der Waals surface area contributed by atoms with Crippen molar-refractivity contribution in [3.05, 3.63) is 119 Å². The number of ether oxygens (including phenoxy) is 1. The number of aryl methyl sites for hydroxylation is 1. The van der Waals surface area contributed by atoms with Crippen LogP contribution in [0.3, 0.4) is 0 Å². The second-order valence-electron chi connectivity index (χ2n) is 10.4. The van der Waals surface area contributed by atoms with E-state index >= 15 is 0 Å². The van der Waals surface area contributed by atoms with Crippen LogP contribution in [0.25, 0.3) is 11.8 Å². The van der Waals surface area contributed by atoms with Crippen LogP contribution in [0.1, 0.15) is 71.2 Å². The van der Waals surface area contributed by atoms with Crippen LogP contribution in [0.4, 0.5) is 0 Å². The number of carboxylic acids is 1. The Bertz CT molecular complexity index is 1890. The molecule has 0 saturated carbocycles. The topological polar surface area (TPSA) is 103 Å². The average Bonchev–Trinajstić information content (AvgIpc) is 3.41. The average molecular weight is 570 g/mol. The number of hydrogen-bond acceptors (Lipinski definition) is 6. The van der Waals surface area contributed by atoms with Gasteiger partial charge in [0.1, 0.15) is 0 Å². The first-order chi connectivity index (χ1) is 19.5.